The Hall–Kier alpha value is -3.45. The standard InChI is InChI=1S/C27H32N2O5/c1-19-7-10-21(11-8-19)29(27(30)24-6-5-17-34-24)22-13-15-28(16-14-22)18-20-9-12-23(31-2)26(33-4)25(20)32-3/h5-12,17,22H,13-16,18H2,1-4H3. The van der Waals surface area contributed by atoms with E-state index in [1.165, 1.54) is 0 Å². The van der Waals surface area contributed by atoms with Crippen molar-refractivity contribution in [2.24, 2.45) is 0 Å². The molecule has 1 fully saturated rings. The number of carbonyl (C=O) groups excluding carboxylic acids is 1. The number of amides is 1. The third kappa shape index (κ3) is 4.89. The number of ether oxygens (including phenoxy) is 3. The molecule has 1 aliphatic heterocycles. The number of hydrogen-bond donors (Lipinski definition) is 0. The van der Waals surface area contributed by atoms with Crippen LogP contribution in [0, 0.1) is 6.92 Å². The highest BCUT2D eigenvalue weighted by Gasteiger charge is 2.31. The predicted molar refractivity (Wildman–Crippen MR) is 131 cm³/mol. The fourth-order valence-corrected chi connectivity index (χ4v) is 4.58. The van der Waals surface area contributed by atoms with Crippen molar-refractivity contribution in [1.29, 1.82) is 0 Å². The van der Waals surface area contributed by atoms with Gasteiger partial charge in [-0.3, -0.25) is 9.69 Å². The van der Waals surface area contributed by atoms with Crippen LogP contribution < -0.4 is 19.1 Å². The van der Waals surface area contributed by atoms with Gasteiger partial charge in [-0.2, -0.15) is 0 Å². The van der Waals surface area contributed by atoms with E-state index in [1.54, 1.807) is 39.7 Å². The van der Waals surface area contributed by atoms with Gasteiger partial charge in [-0.1, -0.05) is 23.8 Å². The van der Waals surface area contributed by atoms with E-state index in [0.29, 0.717) is 23.0 Å². The Kier molecular flexibility index (Phi) is 7.43. The van der Waals surface area contributed by atoms with Gasteiger partial charge < -0.3 is 23.5 Å². The zero-order valence-corrected chi connectivity index (χ0v) is 20.2. The van der Waals surface area contributed by atoms with Crippen molar-refractivity contribution in [3.8, 4) is 17.2 Å². The van der Waals surface area contributed by atoms with Crippen molar-refractivity contribution >= 4 is 11.6 Å². The molecule has 180 valence electrons. The molecule has 0 atom stereocenters. The largest absolute Gasteiger partial charge is 0.493 e. The quantitative estimate of drug-likeness (QED) is 0.471. The summed E-state index contributed by atoms with van der Waals surface area (Å²) in [5.74, 6) is 2.20. The lowest BCUT2D eigenvalue weighted by atomic mass is 10.0. The van der Waals surface area contributed by atoms with Gasteiger partial charge in [0.1, 0.15) is 0 Å². The van der Waals surface area contributed by atoms with E-state index in [9.17, 15) is 4.79 Å². The van der Waals surface area contributed by atoms with Gasteiger partial charge in [-0.15, -0.1) is 0 Å². The third-order valence-corrected chi connectivity index (χ3v) is 6.36. The second kappa shape index (κ2) is 10.7. The van der Waals surface area contributed by atoms with Crippen LogP contribution in [0.5, 0.6) is 17.2 Å². The minimum absolute atomic E-state index is 0.0869. The first kappa shape index (κ1) is 23.7. The zero-order chi connectivity index (χ0) is 24.1. The van der Waals surface area contributed by atoms with Gasteiger partial charge >= 0.3 is 0 Å². The van der Waals surface area contributed by atoms with Crippen LogP contribution in [-0.2, 0) is 6.54 Å². The number of aryl methyl sites for hydroxylation is 1. The van der Waals surface area contributed by atoms with Crippen LogP contribution in [0.3, 0.4) is 0 Å². The van der Waals surface area contributed by atoms with Crippen molar-refractivity contribution in [3.05, 3.63) is 71.7 Å². The monoisotopic (exact) mass is 464 g/mol. The normalized spacial score (nSPS) is 14.6. The van der Waals surface area contributed by atoms with Gasteiger partial charge in [0.05, 0.1) is 27.6 Å². The van der Waals surface area contributed by atoms with Crippen LogP contribution in [0.4, 0.5) is 5.69 Å². The zero-order valence-electron chi connectivity index (χ0n) is 20.2. The summed E-state index contributed by atoms with van der Waals surface area (Å²) in [7, 11) is 4.88. The molecule has 1 aliphatic rings. The number of likely N-dealkylation sites (tertiary alicyclic amines) is 1. The fraction of sp³-hybridized carbons (Fsp3) is 0.370. The van der Waals surface area contributed by atoms with Gasteiger partial charge in [0, 0.05) is 36.9 Å². The third-order valence-electron chi connectivity index (χ3n) is 6.36. The van der Waals surface area contributed by atoms with Gasteiger partial charge in [0.2, 0.25) is 5.75 Å². The second-order valence-corrected chi connectivity index (χ2v) is 8.49. The molecule has 4 rings (SSSR count). The molecule has 0 unspecified atom stereocenters. The smallest absolute Gasteiger partial charge is 0.294 e. The molecule has 7 heteroatoms. The molecule has 1 aromatic heterocycles. The summed E-state index contributed by atoms with van der Waals surface area (Å²) in [6.07, 6.45) is 3.26. The Balaban J connectivity index is 1.50. The maximum atomic E-state index is 13.4. The number of rotatable bonds is 8. The molecule has 2 aromatic carbocycles. The molecule has 3 aromatic rings. The van der Waals surface area contributed by atoms with Crippen LogP contribution in [0.15, 0.2) is 59.2 Å². The van der Waals surface area contributed by atoms with Crippen LogP contribution in [-0.4, -0.2) is 51.3 Å². The molecular weight excluding hydrogens is 432 g/mol. The summed E-state index contributed by atoms with van der Waals surface area (Å²) in [6, 6.07) is 15.6. The number of furan rings is 1. The van der Waals surface area contributed by atoms with Crippen LogP contribution in [0.1, 0.15) is 34.5 Å². The van der Waals surface area contributed by atoms with Crippen LogP contribution >= 0.6 is 0 Å². The summed E-state index contributed by atoms with van der Waals surface area (Å²) >= 11 is 0. The van der Waals surface area contributed by atoms with E-state index < -0.39 is 0 Å². The molecule has 1 amide bonds. The molecule has 0 N–H and O–H groups in total. The lowest BCUT2D eigenvalue weighted by Gasteiger charge is -2.38. The number of methoxy groups -OCH3 is 3. The number of hydrogen-bond acceptors (Lipinski definition) is 6. The Bertz CT molecular complexity index is 1090. The van der Waals surface area contributed by atoms with E-state index in [-0.39, 0.29) is 11.9 Å². The van der Waals surface area contributed by atoms with E-state index in [0.717, 1.165) is 49.3 Å². The average molecular weight is 465 g/mol. The maximum absolute atomic E-state index is 13.4. The van der Waals surface area contributed by atoms with Crippen molar-refractivity contribution in [2.45, 2.75) is 32.4 Å². The fourth-order valence-electron chi connectivity index (χ4n) is 4.58. The highest BCUT2D eigenvalue weighted by molar-refractivity contribution is 6.04. The van der Waals surface area contributed by atoms with E-state index in [1.807, 2.05) is 48.2 Å². The Labute approximate surface area is 200 Å². The minimum atomic E-state index is -0.103. The number of benzene rings is 2. The summed E-state index contributed by atoms with van der Waals surface area (Å²) in [5.41, 5.74) is 3.10. The van der Waals surface area contributed by atoms with E-state index in [4.69, 9.17) is 18.6 Å². The molecule has 0 radical (unpaired) electrons. The minimum Gasteiger partial charge on any atom is -0.493 e. The van der Waals surface area contributed by atoms with Gasteiger partial charge in [0.25, 0.3) is 5.91 Å². The first-order valence-corrected chi connectivity index (χ1v) is 11.5. The highest BCUT2D eigenvalue weighted by atomic mass is 16.5. The van der Waals surface area contributed by atoms with Crippen LogP contribution in [0.2, 0.25) is 0 Å². The van der Waals surface area contributed by atoms with E-state index >= 15 is 0 Å². The first-order chi connectivity index (χ1) is 16.5. The topological polar surface area (TPSA) is 64.4 Å². The number of carbonyl (C=O) groups is 1. The summed E-state index contributed by atoms with van der Waals surface area (Å²) in [5, 5.41) is 0. The molecule has 7 nitrogen and oxygen atoms in total. The van der Waals surface area contributed by atoms with Crippen molar-refractivity contribution in [3.63, 3.8) is 0 Å². The lowest BCUT2D eigenvalue weighted by molar-refractivity contribution is 0.0931. The predicted octanol–water partition coefficient (Wildman–Crippen LogP) is 4.93. The van der Waals surface area contributed by atoms with Gasteiger partial charge in [0.15, 0.2) is 17.3 Å². The molecule has 0 aliphatic carbocycles. The molecule has 2 heterocycles. The van der Waals surface area contributed by atoms with Crippen molar-refractivity contribution in [1.82, 2.24) is 4.90 Å². The summed E-state index contributed by atoms with van der Waals surface area (Å²) < 4.78 is 22.0. The SMILES string of the molecule is COc1ccc(CN2CCC(N(C(=O)c3ccco3)c3ccc(C)cc3)CC2)c(OC)c1OC. The van der Waals surface area contributed by atoms with Crippen molar-refractivity contribution in [2.75, 3.05) is 39.3 Å². The Morgan fingerprint density at radius 1 is 0.971 bits per heavy atom. The Morgan fingerprint density at radius 3 is 2.26 bits per heavy atom. The molecule has 34 heavy (non-hydrogen) atoms. The van der Waals surface area contributed by atoms with Crippen LogP contribution in [0.25, 0.3) is 0 Å². The maximum Gasteiger partial charge on any atom is 0.294 e. The summed E-state index contributed by atoms with van der Waals surface area (Å²) in [6.45, 7) is 4.49. The summed E-state index contributed by atoms with van der Waals surface area (Å²) in [4.78, 5) is 17.6. The molecule has 0 saturated carbocycles. The lowest BCUT2D eigenvalue weighted by Crippen LogP contribution is -2.47. The number of anilines is 1. The van der Waals surface area contributed by atoms with Gasteiger partial charge in [-0.05, 0) is 50.1 Å². The Morgan fingerprint density at radius 2 is 1.68 bits per heavy atom. The second-order valence-electron chi connectivity index (χ2n) is 8.49. The highest BCUT2D eigenvalue weighted by Crippen LogP contribution is 2.40. The average Bonchev–Trinajstić information content (AvgIpc) is 3.41. The molecular formula is C27H32N2O5. The van der Waals surface area contributed by atoms with Crippen molar-refractivity contribution < 1.29 is 23.4 Å². The molecule has 0 spiro atoms. The first-order valence-electron chi connectivity index (χ1n) is 11.5. The number of piperidine rings is 1. The molecule has 0 bridgehead atoms. The van der Waals surface area contributed by atoms with E-state index in [2.05, 4.69) is 4.90 Å². The molecule has 1 saturated heterocycles. The van der Waals surface area contributed by atoms with Gasteiger partial charge in [-0.25, -0.2) is 0 Å². The number of nitrogens with zero attached hydrogens (tertiary/aromatic N) is 2.